The number of benzene rings is 2. The summed E-state index contributed by atoms with van der Waals surface area (Å²) in [4.78, 5) is 0.927. The van der Waals surface area contributed by atoms with Crippen molar-refractivity contribution in [1.82, 2.24) is 0 Å². The standard InChI is InChI=1S/C19H24OS/c1-2-3-4-6-9-17-12-14-19(15-13-17)21(20)16-18-10-7-5-8-11-18/h5,7-8,10-15H,2-4,6,9,16H2,1H3. The second-order valence-corrected chi connectivity index (χ2v) is 6.88. The van der Waals surface area contributed by atoms with Gasteiger partial charge < -0.3 is 0 Å². The van der Waals surface area contributed by atoms with Crippen LogP contribution >= 0.6 is 0 Å². The summed E-state index contributed by atoms with van der Waals surface area (Å²) in [6.07, 6.45) is 6.28. The van der Waals surface area contributed by atoms with Crippen molar-refractivity contribution in [1.29, 1.82) is 0 Å². The molecule has 1 atom stereocenters. The van der Waals surface area contributed by atoms with E-state index in [9.17, 15) is 4.21 Å². The quantitative estimate of drug-likeness (QED) is 0.619. The minimum atomic E-state index is -0.951. The van der Waals surface area contributed by atoms with Gasteiger partial charge in [-0.3, -0.25) is 4.21 Å². The lowest BCUT2D eigenvalue weighted by atomic mass is 10.1. The van der Waals surface area contributed by atoms with Crippen LogP contribution in [0.2, 0.25) is 0 Å². The van der Waals surface area contributed by atoms with Crippen LogP contribution in [0.25, 0.3) is 0 Å². The fraction of sp³-hybridized carbons (Fsp3) is 0.368. The summed E-state index contributed by atoms with van der Waals surface area (Å²) in [6, 6.07) is 18.3. The Balaban J connectivity index is 1.88. The summed E-state index contributed by atoms with van der Waals surface area (Å²) in [6.45, 7) is 2.23. The molecule has 0 aliphatic rings. The molecule has 1 nitrogen and oxygen atoms in total. The molecule has 0 saturated carbocycles. The SMILES string of the molecule is CCCCCCc1ccc(S(=O)Cc2ccccc2)cc1. The smallest absolute Gasteiger partial charge is 0.0574 e. The topological polar surface area (TPSA) is 17.1 Å². The van der Waals surface area contributed by atoms with Gasteiger partial charge in [0, 0.05) is 4.90 Å². The van der Waals surface area contributed by atoms with Crippen molar-refractivity contribution in [2.45, 2.75) is 49.7 Å². The van der Waals surface area contributed by atoms with Gasteiger partial charge in [0.25, 0.3) is 0 Å². The van der Waals surface area contributed by atoms with Crippen molar-refractivity contribution >= 4 is 10.8 Å². The summed E-state index contributed by atoms with van der Waals surface area (Å²) in [5, 5.41) is 0. The molecule has 0 fully saturated rings. The molecule has 2 heteroatoms. The molecule has 0 aliphatic heterocycles. The van der Waals surface area contributed by atoms with Gasteiger partial charge in [-0.2, -0.15) is 0 Å². The van der Waals surface area contributed by atoms with Gasteiger partial charge in [-0.15, -0.1) is 0 Å². The highest BCUT2D eigenvalue weighted by atomic mass is 32.2. The zero-order valence-electron chi connectivity index (χ0n) is 12.8. The number of hydrogen-bond acceptors (Lipinski definition) is 1. The maximum atomic E-state index is 12.3. The molecule has 0 aromatic heterocycles. The van der Waals surface area contributed by atoms with Crippen LogP contribution in [-0.2, 0) is 23.0 Å². The lowest BCUT2D eigenvalue weighted by molar-refractivity contribution is 0.666. The fourth-order valence-corrected chi connectivity index (χ4v) is 3.47. The molecule has 0 heterocycles. The second-order valence-electron chi connectivity index (χ2n) is 5.43. The molecule has 0 N–H and O–H groups in total. The van der Waals surface area contributed by atoms with E-state index in [-0.39, 0.29) is 0 Å². The van der Waals surface area contributed by atoms with Gasteiger partial charge in [0.15, 0.2) is 0 Å². The highest BCUT2D eigenvalue weighted by Crippen LogP contribution is 2.15. The van der Waals surface area contributed by atoms with Crippen LogP contribution in [0.15, 0.2) is 59.5 Å². The Morgan fingerprint density at radius 1 is 0.810 bits per heavy atom. The Morgan fingerprint density at radius 3 is 2.19 bits per heavy atom. The lowest BCUT2D eigenvalue weighted by Gasteiger charge is -2.05. The molecular weight excluding hydrogens is 276 g/mol. The van der Waals surface area contributed by atoms with Crippen LogP contribution < -0.4 is 0 Å². The maximum Gasteiger partial charge on any atom is 0.0574 e. The maximum absolute atomic E-state index is 12.3. The van der Waals surface area contributed by atoms with Gasteiger partial charge in [0.1, 0.15) is 0 Å². The largest absolute Gasteiger partial charge is 0.254 e. The third kappa shape index (κ3) is 5.47. The third-order valence-electron chi connectivity index (χ3n) is 3.65. The summed E-state index contributed by atoms with van der Waals surface area (Å²) in [7, 11) is -0.951. The van der Waals surface area contributed by atoms with Crippen LogP contribution in [0.5, 0.6) is 0 Å². The minimum Gasteiger partial charge on any atom is -0.254 e. The van der Waals surface area contributed by atoms with Gasteiger partial charge in [-0.05, 0) is 36.1 Å². The van der Waals surface area contributed by atoms with Gasteiger partial charge >= 0.3 is 0 Å². The number of aryl methyl sites for hydroxylation is 1. The Labute approximate surface area is 130 Å². The van der Waals surface area contributed by atoms with E-state index in [0.717, 1.165) is 16.9 Å². The van der Waals surface area contributed by atoms with E-state index in [0.29, 0.717) is 5.75 Å². The van der Waals surface area contributed by atoms with Crippen molar-refractivity contribution in [2.24, 2.45) is 0 Å². The van der Waals surface area contributed by atoms with Crippen LogP contribution in [0.3, 0.4) is 0 Å². The summed E-state index contributed by atoms with van der Waals surface area (Å²) in [5.74, 6) is 0.594. The number of hydrogen-bond donors (Lipinski definition) is 0. The molecule has 0 amide bonds. The van der Waals surface area contributed by atoms with E-state index < -0.39 is 10.8 Å². The predicted octanol–water partition coefficient (Wildman–Crippen LogP) is 5.12. The van der Waals surface area contributed by atoms with E-state index in [4.69, 9.17) is 0 Å². The second kappa shape index (κ2) is 8.78. The highest BCUT2D eigenvalue weighted by Gasteiger charge is 2.05. The lowest BCUT2D eigenvalue weighted by Crippen LogP contribution is -1.96. The summed E-state index contributed by atoms with van der Waals surface area (Å²) < 4.78 is 12.3. The first kappa shape index (κ1) is 16.0. The van der Waals surface area contributed by atoms with Crippen molar-refractivity contribution in [3.8, 4) is 0 Å². The molecule has 0 radical (unpaired) electrons. The fourth-order valence-electron chi connectivity index (χ4n) is 2.37. The van der Waals surface area contributed by atoms with Gasteiger partial charge in [-0.1, -0.05) is 68.7 Å². The van der Waals surface area contributed by atoms with Crippen LogP contribution in [-0.4, -0.2) is 4.21 Å². The van der Waals surface area contributed by atoms with Crippen LogP contribution in [0, 0.1) is 0 Å². The number of rotatable bonds is 8. The summed E-state index contributed by atoms with van der Waals surface area (Å²) >= 11 is 0. The molecule has 1 unspecified atom stereocenters. The van der Waals surface area contributed by atoms with Crippen LogP contribution in [0.1, 0.15) is 43.7 Å². The molecule has 0 saturated heterocycles. The van der Waals surface area contributed by atoms with E-state index >= 15 is 0 Å². The summed E-state index contributed by atoms with van der Waals surface area (Å²) in [5.41, 5.74) is 2.48. The van der Waals surface area contributed by atoms with E-state index in [2.05, 4.69) is 19.1 Å². The zero-order chi connectivity index (χ0) is 14.9. The average Bonchev–Trinajstić information content (AvgIpc) is 2.53. The molecule has 0 bridgehead atoms. The van der Waals surface area contributed by atoms with E-state index in [1.165, 1.54) is 31.2 Å². The van der Waals surface area contributed by atoms with Crippen molar-refractivity contribution in [3.05, 3.63) is 65.7 Å². The minimum absolute atomic E-state index is 0.594. The zero-order valence-corrected chi connectivity index (χ0v) is 13.6. The van der Waals surface area contributed by atoms with Crippen molar-refractivity contribution in [2.75, 3.05) is 0 Å². The highest BCUT2D eigenvalue weighted by molar-refractivity contribution is 7.84. The van der Waals surface area contributed by atoms with Gasteiger partial charge in [0.2, 0.25) is 0 Å². The first-order chi connectivity index (χ1) is 10.3. The van der Waals surface area contributed by atoms with E-state index in [1.54, 1.807) is 0 Å². The van der Waals surface area contributed by atoms with E-state index in [1.807, 2.05) is 42.5 Å². The monoisotopic (exact) mass is 300 g/mol. The molecule has 0 spiro atoms. The van der Waals surface area contributed by atoms with Gasteiger partial charge in [0.05, 0.1) is 16.6 Å². The normalized spacial score (nSPS) is 12.2. The molecule has 2 aromatic carbocycles. The van der Waals surface area contributed by atoms with Crippen molar-refractivity contribution in [3.63, 3.8) is 0 Å². The number of unbranched alkanes of at least 4 members (excludes halogenated alkanes) is 3. The van der Waals surface area contributed by atoms with Gasteiger partial charge in [-0.25, -0.2) is 0 Å². The molecule has 2 rings (SSSR count). The predicted molar refractivity (Wildman–Crippen MR) is 90.8 cm³/mol. The Kier molecular flexibility index (Phi) is 6.68. The Hall–Kier alpha value is -1.41. The molecule has 112 valence electrons. The molecular formula is C19H24OS. The molecule has 21 heavy (non-hydrogen) atoms. The van der Waals surface area contributed by atoms with Crippen LogP contribution in [0.4, 0.5) is 0 Å². The Bertz CT molecular complexity index is 546. The molecule has 2 aromatic rings. The first-order valence-electron chi connectivity index (χ1n) is 7.81. The average molecular weight is 300 g/mol. The third-order valence-corrected chi connectivity index (χ3v) is 5.04. The van der Waals surface area contributed by atoms with Crippen molar-refractivity contribution < 1.29 is 4.21 Å². The molecule has 0 aliphatic carbocycles. The first-order valence-corrected chi connectivity index (χ1v) is 9.12. The Morgan fingerprint density at radius 2 is 1.52 bits per heavy atom.